The summed E-state index contributed by atoms with van der Waals surface area (Å²) >= 11 is 12.8. The molecule has 0 fully saturated rings. The van der Waals surface area contributed by atoms with E-state index >= 15 is 0 Å². The lowest BCUT2D eigenvalue weighted by Gasteiger charge is -2.22. The van der Waals surface area contributed by atoms with Crippen LogP contribution in [0.2, 0.25) is 0 Å². The van der Waals surface area contributed by atoms with Gasteiger partial charge in [-0.3, -0.25) is 0 Å². The molecular weight excluding hydrogens is 323 g/mol. The molecule has 1 nitrogen and oxygen atoms in total. The number of rotatable bonds is 4. The van der Waals surface area contributed by atoms with Gasteiger partial charge in [-0.05, 0) is 41.1 Å². The molecule has 0 atom stereocenters. The zero-order valence-corrected chi connectivity index (χ0v) is 14.4. The van der Waals surface area contributed by atoms with Crippen molar-refractivity contribution in [3.63, 3.8) is 0 Å². The fraction of sp³-hybridized carbons (Fsp3) is 0.133. The molecule has 104 valence electrons. The average Bonchev–Trinajstić information content (AvgIpc) is 2.49. The summed E-state index contributed by atoms with van der Waals surface area (Å²) < 4.78 is 5.97. The molecule has 0 unspecified atom stereocenters. The maximum absolute atomic E-state index is 6.03. The third-order valence-electron chi connectivity index (χ3n) is 2.66. The van der Waals surface area contributed by atoms with E-state index in [1.165, 1.54) is 11.4 Å². The van der Waals surface area contributed by atoms with Crippen molar-refractivity contribution in [2.24, 2.45) is 0 Å². The Kier molecular flexibility index (Phi) is 5.79. The maximum atomic E-state index is 6.03. The molecule has 20 heavy (non-hydrogen) atoms. The van der Waals surface area contributed by atoms with Crippen LogP contribution in [0.1, 0.15) is 6.92 Å². The van der Waals surface area contributed by atoms with Gasteiger partial charge >= 0.3 is 0 Å². The van der Waals surface area contributed by atoms with E-state index in [0.29, 0.717) is 11.0 Å². The third-order valence-corrected chi connectivity index (χ3v) is 10.3. The van der Waals surface area contributed by atoms with Crippen molar-refractivity contribution in [2.45, 2.75) is 6.92 Å². The van der Waals surface area contributed by atoms with Crippen LogP contribution >= 0.6 is 28.8 Å². The largest absolute Gasteiger partial charge is 0.479 e. The third kappa shape index (κ3) is 3.70. The van der Waals surface area contributed by atoms with E-state index in [4.69, 9.17) is 28.8 Å². The van der Waals surface area contributed by atoms with E-state index in [1.807, 2.05) is 43.3 Å². The molecule has 0 aromatic heterocycles. The van der Waals surface area contributed by atoms with E-state index < -0.39 is 5.24 Å². The van der Waals surface area contributed by atoms with E-state index in [2.05, 4.69) is 24.3 Å². The van der Waals surface area contributed by atoms with Crippen LogP contribution in [0.5, 0.6) is 0 Å². The van der Waals surface area contributed by atoms with Crippen molar-refractivity contribution in [1.82, 2.24) is 0 Å². The van der Waals surface area contributed by atoms with E-state index in [-0.39, 0.29) is 0 Å². The first-order chi connectivity index (χ1) is 9.66. The van der Waals surface area contributed by atoms with Crippen LogP contribution in [0, 0.1) is 0 Å². The molecule has 0 radical (unpaired) electrons. The first kappa shape index (κ1) is 15.7. The van der Waals surface area contributed by atoms with Gasteiger partial charge < -0.3 is 4.74 Å². The molecule has 2 aromatic rings. The van der Waals surface area contributed by atoms with Gasteiger partial charge in [-0.2, -0.15) is 0 Å². The Balaban J connectivity index is 2.44. The standard InChI is InChI=1S/C15H15OPS3/c1-2-16-15(18)20-17(19,13-9-5-3-6-10-13)14-11-7-4-8-12-14/h3-12H,2H2,1H3. The van der Waals surface area contributed by atoms with E-state index in [0.717, 1.165) is 10.6 Å². The summed E-state index contributed by atoms with van der Waals surface area (Å²) in [6.45, 7) is 2.51. The quantitative estimate of drug-likeness (QED) is 0.613. The second kappa shape index (κ2) is 7.37. The zero-order chi connectivity index (χ0) is 14.4. The van der Waals surface area contributed by atoms with E-state index in [9.17, 15) is 0 Å². The smallest absolute Gasteiger partial charge is 0.225 e. The predicted molar refractivity (Wildman–Crippen MR) is 98.3 cm³/mol. The molecule has 0 amide bonds. The molecule has 0 spiro atoms. The molecule has 0 N–H and O–H groups in total. The minimum atomic E-state index is -2.03. The van der Waals surface area contributed by atoms with Crippen molar-refractivity contribution in [3.05, 3.63) is 60.7 Å². The number of hydrogen-bond donors (Lipinski definition) is 0. The summed E-state index contributed by atoms with van der Waals surface area (Å²) in [5.41, 5.74) is 0. The molecule has 2 aromatic carbocycles. The zero-order valence-electron chi connectivity index (χ0n) is 11.1. The molecule has 0 saturated heterocycles. The van der Waals surface area contributed by atoms with Gasteiger partial charge in [0.15, 0.2) is 0 Å². The molecule has 0 bridgehead atoms. The summed E-state index contributed by atoms with van der Waals surface area (Å²) in [4.78, 5) is 0. The molecular formula is C15H15OPS3. The van der Waals surface area contributed by atoms with Crippen molar-refractivity contribution in [2.75, 3.05) is 6.61 Å². The Morgan fingerprint density at radius 2 is 1.45 bits per heavy atom. The van der Waals surface area contributed by atoms with Gasteiger partial charge in [-0.15, -0.1) is 0 Å². The Hall–Kier alpha value is -0.670. The monoisotopic (exact) mass is 338 g/mol. The van der Waals surface area contributed by atoms with Gasteiger partial charge in [-0.1, -0.05) is 72.5 Å². The van der Waals surface area contributed by atoms with Crippen molar-refractivity contribution in [1.29, 1.82) is 0 Å². The summed E-state index contributed by atoms with van der Waals surface area (Å²) in [5, 5.41) is 0.267. The molecule has 0 heterocycles. The van der Waals surface area contributed by atoms with Crippen LogP contribution in [0.25, 0.3) is 0 Å². The summed E-state index contributed by atoms with van der Waals surface area (Å²) in [5.74, 6) is 0. The van der Waals surface area contributed by atoms with Crippen LogP contribution in [0.4, 0.5) is 0 Å². The van der Waals surface area contributed by atoms with Crippen LogP contribution in [0.15, 0.2) is 60.7 Å². The highest BCUT2D eigenvalue weighted by Gasteiger charge is 2.25. The Bertz CT molecular complexity index is 570. The average molecular weight is 338 g/mol. The van der Waals surface area contributed by atoms with Gasteiger partial charge in [0.05, 0.1) is 11.8 Å². The molecule has 0 aliphatic rings. The Labute approximate surface area is 134 Å². The van der Waals surface area contributed by atoms with Crippen molar-refractivity contribution in [3.8, 4) is 0 Å². The number of ether oxygens (including phenoxy) is 1. The second-order valence-electron chi connectivity index (χ2n) is 4.00. The SMILES string of the molecule is CCOC(=S)SP(=S)(c1ccccc1)c1ccccc1. The number of benzene rings is 2. The summed E-state index contributed by atoms with van der Waals surface area (Å²) in [7, 11) is 0. The van der Waals surface area contributed by atoms with Gasteiger partial charge in [0.1, 0.15) is 0 Å². The lowest BCUT2D eigenvalue weighted by Crippen LogP contribution is -2.14. The van der Waals surface area contributed by atoms with Gasteiger partial charge in [0.25, 0.3) is 0 Å². The molecule has 0 aliphatic carbocycles. The highest BCUT2D eigenvalue weighted by atomic mass is 32.9. The first-order valence-corrected chi connectivity index (χ1v) is 10.9. The molecule has 5 heteroatoms. The van der Waals surface area contributed by atoms with E-state index in [1.54, 1.807) is 0 Å². The molecule has 0 aliphatic heterocycles. The summed E-state index contributed by atoms with van der Waals surface area (Å²) in [6, 6.07) is 20.4. The van der Waals surface area contributed by atoms with Crippen molar-refractivity contribution >= 4 is 55.6 Å². The normalized spacial score (nSPS) is 11.1. The lowest BCUT2D eigenvalue weighted by atomic mass is 10.4. The van der Waals surface area contributed by atoms with Crippen LogP contribution < -0.4 is 10.6 Å². The first-order valence-electron chi connectivity index (χ1n) is 6.24. The Morgan fingerprint density at radius 1 is 1.00 bits per heavy atom. The minimum absolute atomic E-state index is 0.531. The lowest BCUT2D eigenvalue weighted by molar-refractivity contribution is 0.346. The predicted octanol–water partition coefficient (Wildman–Crippen LogP) is 4.09. The van der Waals surface area contributed by atoms with Crippen LogP contribution in [0.3, 0.4) is 0 Å². The van der Waals surface area contributed by atoms with Gasteiger partial charge in [-0.25, -0.2) is 0 Å². The van der Waals surface area contributed by atoms with Crippen LogP contribution in [-0.4, -0.2) is 11.0 Å². The fourth-order valence-corrected chi connectivity index (χ4v) is 8.81. The highest BCUT2D eigenvalue weighted by Crippen LogP contribution is 2.57. The highest BCUT2D eigenvalue weighted by molar-refractivity contribution is 8.81. The number of thiocarbonyl (C=S) groups is 1. The molecule has 0 saturated carbocycles. The second-order valence-corrected chi connectivity index (χ2v) is 11.8. The summed E-state index contributed by atoms with van der Waals surface area (Å²) in [6.07, 6.45) is 0. The Morgan fingerprint density at radius 3 is 1.85 bits per heavy atom. The van der Waals surface area contributed by atoms with Crippen molar-refractivity contribution < 1.29 is 4.74 Å². The maximum Gasteiger partial charge on any atom is 0.225 e. The van der Waals surface area contributed by atoms with Gasteiger partial charge in [0.2, 0.25) is 4.38 Å². The minimum Gasteiger partial charge on any atom is -0.479 e. The van der Waals surface area contributed by atoms with Gasteiger partial charge in [0, 0.05) is 0 Å². The van der Waals surface area contributed by atoms with Crippen LogP contribution in [-0.2, 0) is 16.5 Å². The topological polar surface area (TPSA) is 9.23 Å². The number of hydrogen-bond acceptors (Lipinski definition) is 4. The fourth-order valence-electron chi connectivity index (χ4n) is 1.75. The molecule has 2 rings (SSSR count).